The smallest absolute Gasteiger partial charge is 0.270 e. The first-order chi connectivity index (χ1) is 6.56. The molecule has 1 aromatic carbocycles. The van der Waals surface area contributed by atoms with Crippen molar-refractivity contribution in [1.29, 1.82) is 0 Å². The Morgan fingerprint density at radius 2 is 2.21 bits per heavy atom. The molecule has 0 bridgehead atoms. The van der Waals surface area contributed by atoms with Crippen LogP contribution in [0.3, 0.4) is 0 Å². The third-order valence-corrected chi connectivity index (χ3v) is 2.46. The van der Waals surface area contributed by atoms with Crippen molar-refractivity contribution in [3.63, 3.8) is 0 Å². The second-order valence-corrected chi connectivity index (χ2v) is 3.35. The molecule has 74 valence electrons. The molecule has 0 aliphatic rings. The highest BCUT2D eigenvalue weighted by atomic mass is 32.2. The van der Waals surface area contributed by atoms with Gasteiger partial charge in [-0.1, -0.05) is 0 Å². The Hall–Kier alpha value is -1.56. The molecule has 0 unspecified atom stereocenters. The lowest BCUT2D eigenvalue weighted by Crippen LogP contribution is -2.12. The molecule has 0 spiro atoms. The molecule has 0 saturated carbocycles. The fourth-order valence-corrected chi connectivity index (χ4v) is 1.59. The van der Waals surface area contributed by atoms with Crippen LogP contribution in [0.4, 0.5) is 5.69 Å². The largest absolute Gasteiger partial charge is 0.366 e. The minimum Gasteiger partial charge on any atom is -0.366 e. The highest BCUT2D eigenvalue weighted by molar-refractivity contribution is 7.98. The minimum atomic E-state index is -0.655. The van der Waals surface area contributed by atoms with E-state index in [9.17, 15) is 14.9 Å². The molecule has 1 amide bonds. The molecule has 0 heterocycles. The average molecular weight is 212 g/mol. The Bertz CT molecular complexity index is 392. The summed E-state index contributed by atoms with van der Waals surface area (Å²) < 4.78 is 0. The van der Waals surface area contributed by atoms with Gasteiger partial charge in [0, 0.05) is 17.0 Å². The van der Waals surface area contributed by atoms with Gasteiger partial charge < -0.3 is 5.73 Å². The number of non-ortho nitro benzene ring substituents is 1. The van der Waals surface area contributed by atoms with Crippen molar-refractivity contribution in [2.45, 2.75) is 4.90 Å². The van der Waals surface area contributed by atoms with Crippen molar-refractivity contribution in [1.82, 2.24) is 0 Å². The van der Waals surface area contributed by atoms with Gasteiger partial charge in [-0.25, -0.2) is 0 Å². The molecular formula is C8H8N2O3S. The molecular weight excluding hydrogens is 204 g/mol. The summed E-state index contributed by atoms with van der Waals surface area (Å²) in [4.78, 5) is 21.4. The van der Waals surface area contributed by atoms with Crippen molar-refractivity contribution in [3.05, 3.63) is 33.9 Å². The van der Waals surface area contributed by atoms with Gasteiger partial charge in [-0.15, -0.1) is 11.8 Å². The van der Waals surface area contributed by atoms with Crippen LogP contribution in [0.2, 0.25) is 0 Å². The van der Waals surface area contributed by atoms with Gasteiger partial charge in [0.25, 0.3) is 5.69 Å². The Labute approximate surface area is 84.4 Å². The van der Waals surface area contributed by atoms with Crippen molar-refractivity contribution >= 4 is 23.4 Å². The van der Waals surface area contributed by atoms with Crippen LogP contribution in [0.5, 0.6) is 0 Å². The van der Waals surface area contributed by atoms with Crippen LogP contribution in [-0.4, -0.2) is 17.1 Å². The van der Waals surface area contributed by atoms with Crippen LogP contribution in [0, 0.1) is 10.1 Å². The Morgan fingerprint density at radius 3 is 2.64 bits per heavy atom. The fourth-order valence-electron chi connectivity index (χ4n) is 1.00. The van der Waals surface area contributed by atoms with Crippen LogP contribution in [0.15, 0.2) is 23.1 Å². The number of carbonyl (C=O) groups is 1. The summed E-state index contributed by atoms with van der Waals surface area (Å²) in [6.45, 7) is 0. The number of benzene rings is 1. The topological polar surface area (TPSA) is 86.2 Å². The third kappa shape index (κ3) is 2.02. The van der Waals surface area contributed by atoms with Gasteiger partial charge >= 0.3 is 0 Å². The van der Waals surface area contributed by atoms with Crippen molar-refractivity contribution in [2.75, 3.05) is 6.26 Å². The van der Waals surface area contributed by atoms with Crippen LogP contribution in [0.1, 0.15) is 10.4 Å². The van der Waals surface area contributed by atoms with E-state index in [2.05, 4.69) is 0 Å². The monoisotopic (exact) mass is 212 g/mol. The Morgan fingerprint density at radius 1 is 1.57 bits per heavy atom. The summed E-state index contributed by atoms with van der Waals surface area (Å²) in [6.07, 6.45) is 1.77. The van der Waals surface area contributed by atoms with Crippen molar-refractivity contribution < 1.29 is 9.72 Å². The molecule has 14 heavy (non-hydrogen) atoms. The molecule has 0 aromatic heterocycles. The maximum absolute atomic E-state index is 10.9. The van der Waals surface area contributed by atoms with E-state index in [1.807, 2.05) is 0 Å². The van der Waals surface area contributed by atoms with Gasteiger partial charge in [-0.05, 0) is 12.3 Å². The predicted octanol–water partition coefficient (Wildman–Crippen LogP) is 1.42. The van der Waals surface area contributed by atoms with Gasteiger partial charge in [-0.2, -0.15) is 0 Å². The van der Waals surface area contributed by atoms with Gasteiger partial charge in [0.2, 0.25) is 5.91 Å². The minimum absolute atomic E-state index is 0.128. The van der Waals surface area contributed by atoms with Crippen LogP contribution in [0.25, 0.3) is 0 Å². The quantitative estimate of drug-likeness (QED) is 0.466. The Balaban J connectivity index is 3.27. The molecule has 1 rings (SSSR count). The molecule has 2 N–H and O–H groups in total. The summed E-state index contributed by atoms with van der Waals surface area (Å²) >= 11 is 1.32. The number of hydrogen-bond donors (Lipinski definition) is 1. The number of nitro benzene ring substituents is 1. The molecule has 0 aliphatic carbocycles. The normalized spacial score (nSPS) is 9.79. The van der Waals surface area contributed by atoms with E-state index < -0.39 is 10.8 Å². The summed E-state index contributed by atoms with van der Waals surface area (Å²) in [5, 5.41) is 10.4. The van der Waals surface area contributed by atoms with Gasteiger partial charge in [0.15, 0.2) is 0 Å². The first kappa shape index (κ1) is 10.5. The molecule has 0 fully saturated rings. The zero-order chi connectivity index (χ0) is 10.7. The Kier molecular flexibility index (Phi) is 3.08. The van der Waals surface area contributed by atoms with E-state index in [0.717, 1.165) is 0 Å². The first-order valence-electron chi connectivity index (χ1n) is 3.68. The molecule has 0 radical (unpaired) electrons. The molecule has 1 aromatic rings. The number of carbonyl (C=O) groups excluding carboxylic acids is 1. The average Bonchev–Trinajstić information content (AvgIpc) is 2.16. The maximum Gasteiger partial charge on any atom is 0.270 e. The molecule has 0 saturated heterocycles. The van der Waals surface area contributed by atoms with E-state index in [1.54, 1.807) is 6.26 Å². The number of primary amides is 1. The van der Waals surface area contributed by atoms with Gasteiger partial charge in [-0.3, -0.25) is 14.9 Å². The van der Waals surface area contributed by atoms with Gasteiger partial charge in [0.1, 0.15) is 0 Å². The summed E-state index contributed by atoms with van der Waals surface area (Å²) in [7, 11) is 0. The van der Waals surface area contributed by atoms with E-state index in [0.29, 0.717) is 4.90 Å². The molecule has 0 aliphatic heterocycles. The number of amides is 1. The summed E-state index contributed by atoms with van der Waals surface area (Å²) in [5.41, 5.74) is 5.14. The van der Waals surface area contributed by atoms with Gasteiger partial charge in [0.05, 0.1) is 10.5 Å². The number of nitrogens with zero attached hydrogens (tertiary/aromatic N) is 1. The van der Waals surface area contributed by atoms with E-state index in [1.165, 1.54) is 30.0 Å². The second-order valence-electron chi connectivity index (χ2n) is 2.51. The van der Waals surface area contributed by atoms with Crippen molar-refractivity contribution in [3.8, 4) is 0 Å². The zero-order valence-corrected chi connectivity index (χ0v) is 8.21. The fraction of sp³-hybridized carbons (Fsp3) is 0.125. The highest BCUT2D eigenvalue weighted by Gasteiger charge is 2.13. The number of rotatable bonds is 3. The van der Waals surface area contributed by atoms with E-state index in [4.69, 9.17) is 5.73 Å². The van der Waals surface area contributed by atoms with Crippen LogP contribution < -0.4 is 5.73 Å². The SMILES string of the molecule is CSc1ccc([N+](=O)[O-])cc1C(N)=O. The maximum atomic E-state index is 10.9. The van der Waals surface area contributed by atoms with E-state index >= 15 is 0 Å². The number of nitrogens with two attached hydrogens (primary N) is 1. The highest BCUT2D eigenvalue weighted by Crippen LogP contribution is 2.24. The first-order valence-corrected chi connectivity index (χ1v) is 4.91. The standard InChI is InChI=1S/C8H8N2O3S/c1-14-7-3-2-5(10(12)13)4-6(7)8(9)11/h2-4H,1H3,(H2,9,11). The lowest BCUT2D eigenvalue weighted by Gasteiger charge is -2.02. The number of hydrogen-bond acceptors (Lipinski definition) is 4. The molecule has 6 heteroatoms. The second kappa shape index (κ2) is 4.10. The lowest BCUT2D eigenvalue weighted by atomic mass is 10.2. The van der Waals surface area contributed by atoms with Crippen molar-refractivity contribution in [2.24, 2.45) is 5.73 Å². The summed E-state index contributed by atoms with van der Waals surface area (Å²) in [6, 6.07) is 4.05. The molecule has 0 atom stereocenters. The third-order valence-electron chi connectivity index (χ3n) is 1.66. The van der Waals surface area contributed by atoms with Crippen LogP contribution in [-0.2, 0) is 0 Å². The lowest BCUT2D eigenvalue weighted by molar-refractivity contribution is -0.384. The number of nitro groups is 1. The van der Waals surface area contributed by atoms with Crippen LogP contribution >= 0.6 is 11.8 Å². The summed E-state index contributed by atoms with van der Waals surface area (Å²) in [5.74, 6) is -0.655. The molecule has 5 nitrogen and oxygen atoms in total. The predicted molar refractivity (Wildman–Crippen MR) is 53.4 cm³/mol. The number of thioether (sulfide) groups is 1. The van der Waals surface area contributed by atoms with E-state index in [-0.39, 0.29) is 11.3 Å². The zero-order valence-electron chi connectivity index (χ0n) is 7.39.